The number of carbonyl (C=O) groups excluding carboxylic acids is 1. The van der Waals surface area contributed by atoms with E-state index in [0.717, 1.165) is 10.4 Å². The summed E-state index contributed by atoms with van der Waals surface area (Å²) in [6.45, 7) is 4.51. The lowest BCUT2D eigenvalue weighted by Crippen LogP contribution is -2.43. The second-order valence-electron chi connectivity index (χ2n) is 5.30. The van der Waals surface area contributed by atoms with E-state index in [0.29, 0.717) is 38.7 Å². The summed E-state index contributed by atoms with van der Waals surface area (Å²) in [5, 5.41) is 13.7. The van der Waals surface area contributed by atoms with Gasteiger partial charge in [0.15, 0.2) is 5.82 Å². The first-order valence-corrected chi connectivity index (χ1v) is 8.28. The summed E-state index contributed by atoms with van der Waals surface area (Å²) in [7, 11) is 1.63. The van der Waals surface area contributed by atoms with Crippen molar-refractivity contribution >= 4 is 17.2 Å². The molecule has 8 nitrogen and oxygen atoms in total. The number of hydrogen-bond acceptors (Lipinski definition) is 7. The molecule has 1 amide bonds. The van der Waals surface area contributed by atoms with Crippen LogP contribution in [0.3, 0.4) is 0 Å². The summed E-state index contributed by atoms with van der Waals surface area (Å²) >= 11 is 1.47. The van der Waals surface area contributed by atoms with Crippen molar-refractivity contribution in [3.63, 3.8) is 0 Å². The van der Waals surface area contributed by atoms with Crippen LogP contribution in [0.5, 0.6) is 0 Å². The third-order valence-corrected chi connectivity index (χ3v) is 4.77. The second-order valence-corrected chi connectivity index (χ2v) is 6.21. The van der Waals surface area contributed by atoms with Crippen LogP contribution in [-0.2, 0) is 16.0 Å². The summed E-state index contributed by atoms with van der Waals surface area (Å²) in [5.41, 5.74) is 1.01. The third-order valence-electron chi connectivity index (χ3n) is 3.76. The number of amides is 1. The number of aromatic nitrogens is 4. The van der Waals surface area contributed by atoms with Crippen molar-refractivity contribution in [1.29, 1.82) is 0 Å². The van der Waals surface area contributed by atoms with Crippen LogP contribution in [0.2, 0.25) is 0 Å². The average molecular weight is 337 g/mol. The van der Waals surface area contributed by atoms with E-state index in [9.17, 15) is 4.79 Å². The summed E-state index contributed by atoms with van der Waals surface area (Å²) in [5.74, 6) is 0.671. The molecule has 3 rings (SSSR count). The van der Waals surface area contributed by atoms with Crippen LogP contribution >= 0.6 is 11.3 Å². The number of nitrogens with zero attached hydrogens (tertiary/aromatic N) is 5. The van der Waals surface area contributed by atoms with Crippen LogP contribution < -0.4 is 0 Å². The molecule has 0 N–H and O–H groups in total. The molecule has 0 spiro atoms. The molecule has 1 fully saturated rings. The van der Waals surface area contributed by atoms with Gasteiger partial charge in [0.25, 0.3) is 5.91 Å². The van der Waals surface area contributed by atoms with Crippen molar-refractivity contribution in [1.82, 2.24) is 25.1 Å². The quantitative estimate of drug-likeness (QED) is 0.806. The van der Waals surface area contributed by atoms with E-state index in [2.05, 4.69) is 15.5 Å². The van der Waals surface area contributed by atoms with Gasteiger partial charge in [0, 0.05) is 13.7 Å². The van der Waals surface area contributed by atoms with Crippen molar-refractivity contribution in [2.24, 2.45) is 0 Å². The maximum Gasteiger partial charge on any atom is 0.264 e. The number of hydrogen-bond donors (Lipinski definition) is 0. The van der Waals surface area contributed by atoms with Gasteiger partial charge in [-0.3, -0.25) is 4.79 Å². The fourth-order valence-corrected chi connectivity index (χ4v) is 3.40. The Balaban J connectivity index is 1.72. The van der Waals surface area contributed by atoms with Crippen molar-refractivity contribution < 1.29 is 14.3 Å². The monoisotopic (exact) mass is 337 g/mol. The van der Waals surface area contributed by atoms with Gasteiger partial charge in [-0.1, -0.05) is 0 Å². The predicted molar refractivity (Wildman–Crippen MR) is 83.3 cm³/mol. The Morgan fingerprint density at radius 3 is 3.17 bits per heavy atom. The minimum Gasteiger partial charge on any atom is -0.383 e. The van der Waals surface area contributed by atoms with Gasteiger partial charge in [0.2, 0.25) is 0 Å². The van der Waals surface area contributed by atoms with E-state index in [1.807, 2.05) is 23.3 Å². The molecule has 124 valence electrons. The highest BCUT2D eigenvalue weighted by Gasteiger charge is 2.30. The number of thiophene rings is 1. The largest absolute Gasteiger partial charge is 0.383 e. The fourth-order valence-electron chi connectivity index (χ4n) is 2.50. The van der Waals surface area contributed by atoms with Crippen LogP contribution in [0.15, 0.2) is 11.4 Å². The molecule has 0 aliphatic carbocycles. The van der Waals surface area contributed by atoms with Gasteiger partial charge in [-0.15, -0.1) is 16.4 Å². The first-order valence-electron chi connectivity index (χ1n) is 7.40. The van der Waals surface area contributed by atoms with E-state index in [1.165, 1.54) is 11.3 Å². The Bertz CT molecular complexity index is 671. The molecular formula is C14H19N5O3S. The van der Waals surface area contributed by atoms with Crippen LogP contribution in [0, 0.1) is 6.92 Å². The molecule has 0 bridgehead atoms. The topological polar surface area (TPSA) is 82.4 Å². The molecule has 0 saturated carbocycles. The molecule has 0 unspecified atom stereocenters. The van der Waals surface area contributed by atoms with Crippen molar-refractivity contribution in [3.05, 3.63) is 27.7 Å². The zero-order valence-corrected chi connectivity index (χ0v) is 14.0. The minimum atomic E-state index is -0.320. The number of tetrazole rings is 1. The lowest BCUT2D eigenvalue weighted by Gasteiger charge is -2.32. The highest BCUT2D eigenvalue weighted by Crippen LogP contribution is 2.24. The Labute approximate surface area is 138 Å². The molecule has 9 heteroatoms. The molecule has 2 aromatic rings. The molecule has 23 heavy (non-hydrogen) atoms. The van der Waals surface area contributed by atoms with Gasteiger partial charge < -0.3 is 14.4 Å². The van der Waals surface area contributed by atoms with Crippen LogP contribution in [0.1, 0.15) is 27.2 Å². The Morgan fingerprint density at radius 2 is 2.43 bits per heavy atom. The van der Waals surface area contributed by atoms with E-state index in [4.69, 9.17) is 9.47 Å². The lowest BCUT2D eigenvalue weighted by atomic mass is 10.2. The number of carbonyl (C=O) groups is 1. The minimum absolute atomic E-state index is 0.0433. The van der Waals surface area contributed by atoms with Gasteiger partial charge in [0.1, 0.15) is 6.10 Å². The molecule has 3 heterocycles. The van der Waals surface area contributed by atoms with Crippen molar-refractivity contribution in [3.8, 4) is 0 Å². The standard InChI is InChI=1S/C14H19N5O3S/c1-10-3-8-23-12(10)14(20)18-4-7-22-11(9-18)13-15-16-17-19(13)5-6-21-2/h3,8,11H,4-7,9H2,1-2H3/t11-/m0/s1. The molecule has 1 aliphatic heterocycles. The highest BCUT2D eigenvalue weighted by atomic mass is 32.1. The molecule has 1 atom stereocenters. The summed E-state index contributed by atoms with van der Waals surface area (Å²) < 4.78 is 12.5. The van der Waals surface area contributed by atoms with E-state index in [1.54, 1.807) is 11.8 Å². The Morgan fingerprint density at radius 1 is 1.57 bits per heavy atom. The highest BCUT2D eigenvalue weighted by molar-refractivity contribution is 7.12. The van der Waals surface area contributed by atoms with E-state index < -0.39 is 0 Å². The predicted octanol–water partition coefficient (Wildman–Crippen LogP) is 0.903. The maximum absolute atomic E-state index is 12.7. The van der Waals surface area contributed by atoms with Crippen LogP contribution in [0.25, 0.3) is 0 Å². The zero-order chi connectivity index (χ0) is 16.2. The number of aryl methyl sites for hydroxylation is 1. The maximum atomic E-state index is 12.7. The molecule has 1 aliphatic rings. The zero-order valence-electron chi connectivity index (χ0n) is 13.1. The summed E-state index contributed by atoms with van der Waals surface area (Å²) in [6.07, 6.45) is -0.320. The van der Waals surface area contributed by atoms with Crippen LogP contribution in [0.4, 0.5) is 0 Å². The van der Waals surface area contributed by atoms with Gasteiger partial charge in [-0.05, 0) is 34.4 Å². The van der Waals surface area contributed by atoms with Crippen LogP contribution in [-0.4, -0.2) is 64.4 Å². The number of morpholine rings is 1. The first-order chi connectivity index (χ1) is 11.2. The number of rotatable bonds is 5. The molecule has 0 aromatic carbocycles. The number of ether oxygens (including phenoxy) is 2. The summed E-state index contributed by atoms with van der Waals surface area (Å²) in [6, 6.07) is 1.96. The van der Waals surface area contributed by atoms with Crippen molar-refractivity contribution in [2.45, 2.75) is 19.6 Å². The molecule has 0 radical (unpaired) electrons. The van der Waals surface area contributed by atoms with Gasteiger partial charge in [-0.25, -0.2) is 4.68 Å². The third kappa shape index (κ3) is 3.41. The molecule has 1 saturated heterocycles. The van der Waals surface area contributed by atoms with Gasteiger partial charge >= 0.3 is 0 Å². The smallest absolute Gasteiger partial charge is 0.264 e. The number of methoxy groups -OCH3 is 1. The summed E-state index contributed by atoms with van der Waals surface area (Å²) in [4.78, 5) is 15.2. The lowest BCUT2D eigenvalue weighted by molar-refractivity contribution is -0.0290. The van der Waals surface area contributed by atoms with Gasteiger partial charge in [-0.2, -0.15) is 0 Å². The Hall–Kier alpha value is -1.84. The van der Waals surface area contributed by atoms with E-state index in [-0.39, 0.29) is 12.0 Å². The normalized spacial score (nSPS) is 18.3. The Kier molecular flexibility index (Phi) is 4.99. The van der Waals surface area contributed by atoms with Crippen molar-refractivity contribution in [2.75, 3.05) is 33.4 Å². The first kappa shape index (κ1) is 16.0. The molecular weight excluding hydrogens is 318 g/mol. The SMILES string of the molecule is COCCn1nnnc1[C@@H]1CN(C(=O)c2sccc2C)CCO1. The second kappa shape index (κ2) is 7.16. The van der Waals surface area contributed by atoms with Gasteiger partial charge in [0.05, 0.1) is 31.2 Å². The van der Waals surface area contributed by atoms with E-state index >= 15 is 0 Å². The molecule has 2 aromatic heterocycles. The average Bonchev–Trinajstić information content (AvgIpc) is 3.21. The fraction of sp³-hybridized carbons (Fsp3) is 0.571.